The molecule has 5 heteroatoms. The highest BCUT2D eigenvalue weighted by atomic mass is 16.5. The Morgan fingerprint density at radius 1 is 0.861 bits per heavy atom. The molecule has 5 nitrogen and oxygen atoms in total. The lowest BCUT2D eigenvalue weighted by molar-refractivity contribution is -0.142. The molecule has 1 N–H and O–H groups in total. The average molecular weight is 481 g/mol. The van der Waals surface area contributed by atoms with Gasteiger partial charge in [0, 0.05) is 24.9 Å². The number of aryl methyl sites for hydroxylation is 1. The van der Waals surface area contributed by atoms with Gasteiger partial charge in [0.2, 0.25) is 5.91 Å². The summed E-state index contributed by atoms with van der Waals surface area (Å²) in [6.45, 7) is 4.54. The van der Waals surface area contributed by atoms with Crippen LogP contribution < -0.4 is 10.1 Å². The first-order valence-electron chi connectivity index (χ1n) is 12.3. The Kier molecular flexibility index (Phi) is 8.35. The maximum Gasteiger partial charge on any atom is 0.261 e. The maximum atomic E-state index is 13.7. The molecule has 2 amide bonds. The monoisotopic (exact) mass is 480 g/mol. The van der Waals surface area contributed by atoms with Gasteiger partial charge in [-0.3, -0.25) is 9.59 Å². The van der Waals surface area contributed by atoms with Gasteiger partial charge in [0.05, 0.1) is 0 Å². The minimum Gasteiger partial charge on any atom is -0.483 e. The van der Waals surface area contributed by atoms with Gasteiger partial charge in [0.25, 0.3) is 5.91 Å². The zero-order valence-corrected chi connectivity index (χ0v) is 20.8. The first kappa shape index (κ1) is 25.0. The smallest absolute Gasteiger partial charge is 0.261 e. The molecule has 0 heterocycles. The van der Waals surface area contributed by atoms with Crippen LogP contribution in [-0.4, -0.2) is 35.9 Å². The molecule has 36 heavy (non-hydrogen) atoms. The molecule has 0 saturated heterocycles. The highest BCUT2D eigenvalue weighted by Gasteiger charge is 2.30. The van der Waals surface area contributed by atoms with Crippen molar-refractivity contribution >= 4 is 22.6 Å². The van der Waals surface area contributed by atoms with E-state index in [-0.39, 0.29) is 18.4 Å². The summed E-state index contributed by atoms with van der Waals surface area (Å²) in [6, 6.07) is 30.9. The minimum absolute atomic E-state index is 0.162. The van der Waals surface area contributed by atoms with E-state index in [1.165, 1.54) is 0 Å². The molecule has 0 aliphatic carbocycles. The van der Waals surface area contributed by atoms with Crippen molar-refractivity contribution in [2.75, 3.05) is 13.2 Å². The fourth-order valence-electron chi connectivity index (χ4n) is 4.40. The first-order valence-corrected chi connectivity index (χ1v) is 12.3. The van der Waals surface area contributed by atoms with E-state index in [2.05, 4.69) is 5.32 Å². The molecular formula is C31H32N2O3. The second-order valence-electron chi connectivity index (χ2n) is 8.88. The molecule has 4 aromatic carbocycles. The number of nitrogens with one attached hydrogen (secondary N) is 1. The molecule has 184 valence electrons. The Labute approximate surface area is 212 Å². The van der Waals surface area contributed by atoms with Gasteiger partial charge in [0.1, 0.15) is 11.8 Å². The number of hydrogen-bond donors (Lipinski definition) is 1. The van der Waals surface area contributed by atoms with Gasteiger partial charge in [-0.2, -0.15) is 0 Å². The van der Waals surface area contributed by atoms with Gasteiger partial charge in [-0.05, 0) is 36.4 Å². The molecule has 0 aromatic heterocycles. The summed E-state index contributed by atoms with van der Waals surface area (Å²) in [5.41, 5.74) is 3.06. The molecule has 0 unspecified atom stereocenters. The number of nitrogens with zero attached hydrogens (tertiary/aromatic N) is 1. The van der Waals surface area contributed by atoms with Crippen molar-refractivity contribution < 1.29 is 14.3 Å². The van der Waals surface area contributed by atoms with Gasteiger partial charge in [0.15, 0.2) is 6.61 Å². The van der Waals surface area contributed by atoms with Crippen LogP contribution in [0.1, 0.15) is 23.6 Å². The van der Waals surface area contributed by atoms with E-state index in [0.29, 0.717) is 25.3 Å². The van der Waals surface area contributed by atoms with Crippen LogP contribution >= 0.6 is 0 Å². The largest absolute Gasteiger partial charge is 0.483 e. The fraction of sp³-hybridized carbons (Fsp3) is 0.226. The Balaban J connectivity index is 1.63. The molecular weight excluding hydrogens is 448 g/mol. The molecule has 1 atom stereocenters. The van der Waals surface area contributed by atoms with Crippen LogP contribution in [0.4, 0.5) is 0 Å². The molecule has 0 bridgehead atoms. The van der Waals surface area contributed by atoms with Crippen molar-refractivity contribution in [3.05, 3.63) is 114 Å². The van der Waals surface area contributed by atoms with Gasteiger partial charge in [-0.1, -0.05) is 96.6 Å². The molecule has 4 rings (SSSR count). The topological polar surface area (TPSA) is 58.6 Å². The van der Waals surface area contributed by atoms with Crippen molar-refractivity contribution in [2.45, 2.75) is 32.9 Å². The van der Waals surface area contributed by atoms with E-state index in [4.69, 9.17) is 4.74 Å². The van der Waals surface area contributed by atoms with E-state index in [9.17, 15) is 9.59 Å². The number of likely N-dealkylation sites (N-methyl/N-ethyl adjacent to an activating group) is 1. The molecule has 0 aliphatic rings. The van der Waals surface area contributed by atoms with Crippen LogP contribution in [0, 0.1) is 6.92 Å². The summed E-state index contributed by atoms with van der Waals surface area (Å²) in [5.74, 6) is 0.235. The lowest BCUT2D eigenvalue weighted by Gasteiger charge is -2.31. The van der Waals surface area contributed by atoms with Crippen LogP contribution in [0.2, 0.25) is 0 Å². The Morgan fingerprint density at radius 3 is 2.33 bits per heavy atom. The lowest BCUT2D eigenvalue weighted by atomic mass is 10.0. The number of amides is 2. The predicted molar refractivity (Wildman–Crippen MR) is 144 cm³/mol. The first-order chi connectivity index (χ1) is 17.5. The summed E-state index contributed by atoms with van der Waals surface area (Å²) in [4.78, 5) is 28.6. The predicted octanol–water partition coefficient (Wildman–Crippen LogP) is 5.30. The SMILES string of the molecule is CCNC(=O)[C@H](Cc1ccccc1)N(Cc1cccc(C)c1)C(=O)COc1cccc2ccccc12. The quantitative estimate of drug-likeness (QED) is 0.335. The molecule has 4 aromatic rings. The third-order valence-electron chi connectivity index (χ3n) is 6.16. The van der Waals surface area contributed by atoms with E-state index >= 15 is 0 Å². The Hall–Kier alpha value is -4.12. The normalized spacial score (nSPS) is 11.6. The molecule has 0 radical (unpaired) electrons. The minimum atomic E-state index is -0.670. The van der Waals surface area contributed by atoms with Gasteiger partial charge < -0.3 is 15.0 Å². The summed E-state index contributed by atoms with van der Waals surface area (Å²) >= 11 is 0. The third-order valence-corrected chi connectivity index (χ3v) is 6.16. The van der Waals surface area contributed by atoms with Gasteiger partial charge in [-0.25, -0.2) is 0 Å². The van der Waals surface area contributed by atoms with Crippen molar-refractivity contribution in [1.29, 1.82) is 0 Å². The van der Waals surface area contributed by atoms with Crippen LogP contribution in [0.25, 0.3) is 10.8 Å². The number of benzene rings is 4. The van der Waals surface area contributed by atoms with Crippen molar-refractivity contribution in [2.24, 2.45) is 0 Å². The van der Waals surface area contributed by atoms with Gasteiger partial charge in [-0.15, -0.1) is 0 Å². The zero-order valence-electron chi connectivity index (χ0n) is 20.8. The molecule has 0 fully saturated rings. The van der Waals surface area contributed by atoms with E-state index in [0.717, 1.165) is 27.5 Å². The van der Waals surface area contributed by atoms with Crippen LogP contribution in [0.5, 0.6) is 5.75 Å². The number of carbonyl (C=O) groups is 2. The van der Waals surface area contributed by atoms with Crippen molar-refractivity contribution in [1.82, 2.24) is 10.2 Å². The number of hydrogen-bond acceptors (Lipinski definition) is 3. The van der Waals surface area contributed by atoms with Crippen LogP contribution in [0.3, 0.4) is 0 Å². The Bertz CT molecular complexity index is 1310. The van der Waals surface area contributed by atoms with Gasteiger partial charge >= 0.3 is 0 Å². The number of rotatable bonds is 10. The second-order valence-corrected chi connectivity index (χ2v) is 8.88. The van der Waals surface area contributed by atoms with E-state index in [1.807, 2.05) is 111 Å². The second kappa shape index (κ2) is 12.0. The van der Waals surface area contributed by atoms with Crippen LogP contribution in [0.15, 0.2) is 97.1 Å². The standard InChI is InChI=1S/C31H32N2O3/c1-3-32-31(35)28(20-24-12-5-4-6-13-24)33(21-25-14-9-11-23(2)19-25)30(34)22-36-29-18-10-16-26-15-7-8-17-27(26)29/h4-19,28H,3,20-22H2,1-2H3,(H,32,35)/t28-/m0/s1. The average Bonchev–Trinajstić information content (AvgIpc) is 2.90. The lowest BCUT2D eigenvalue weighted by Crippen LogP contribution is -2.51. The zero-order chi connectivity index (χ0) is 25.3. The van der Waals surface area contributed by atoms with E-state index < -0.39 is 6.04 Å². The molecule has 0 aliphatic heterocycles. The highest BCUT2D eigenvalue weighted by Crippen LogP contribution is 2.25. The number of carbonyl (C=O) groups excluding carboxylic acids is 2. The summed E-state index contributed by atoms with van der Waals surface area (Å²) in [5, 5.41) is 4.91. The summed E-state index contributed by atoms with van der Waals surface area (Å²) < 4.78 is 6.04. The molecule has 0 spiro atoms. The number of ether oxygens (including phenoxy) is 1. The van der Waals surface area contributed by atoms with E-state index in [1.54, 1.807) is 4.90 Å². The summed E-state index contributed by atoms with van der Waals surface area (Å²) in [6.07, 6.45) is 0.415. The van der Waals surface area contributed by atoms with Crippen LogP contribution in [-0.2, 0) is 22.6 Å². The third kappa shape index (κ3) is 6.30. The molecule has 0 saturated carbocycles. The Morgan fingerprint density at radius 2 is 1.56 bits per heavy atom. The summed E-state index contributed by atoms with van der Waals surface area (Å²) in [7, 11) is 0. The van der Waals surface area contributed by atoms with Crippen molar-refractivity contribution in [3.8, 4) is 5.75 Å². The van der Waals surface area contributed by atoms with Crippen molar-refractivity contribution in [3.63, 3.8) is 0 Å². The fourth-order valence-corrected chi connectivity index (χ4v) is 4.40. The maximum absolute atomic E-state index is 13.7. The highest BCUT2D eigenvalue weighted by molar-refractivity contribution is 5.90. The number of fused-ring (bicyclic) bond motifs is 1.